The molecule has 3 rings (SSSR count). The number of fused-ring (bicyclic) bond motifs is 2. The summed E-state index contributed by atoms with van der Waals surface area (Å²) in [6.45, 7) is 1.65. The first-order valence-corrected chi connectivity index (χ1v) is 6.69. The molecule has 5 heteroatoms. The topological polar surface area (TPSA) is 83.2 Å². The average Bonchev–Trinajstić information content (AvgIpc) is 2.69. The SMILES string of the molecule is CC(C#N)=C1Oc2ccccc2Cc2cc(C(=O)O)cnc21. The van der Waals surface area contributed by atoms with E-state index in [1.165, 1.54) is 6.20 Å². The molecule has 1 aliphatic rings. The molecule has 0 radical (unpaired) electrons. The van der Waals surface area contributed by atoms with Gasteiger partial charge in [-0.25, -0.2) is 4.79 Å². The second-order valence-corrected chi connectivity index (χ2v) is 4.99. The quantitative estimate of drug-likeness (QED) is 0.817. The molecule has 1 aromatic heterocycles. The Morgan fingerprint density at radius 3 is 2.86 bits per heavy atom. The van der Waals surface area contributed by atoms with Crippen LogP contribution in [-0.2, 0) is 6.42 Å². The molecule has 0 aliphatic carbocycles. The molecule has 0 amide bonds. The second-order valence-electron chi connectivity index (χ2n) is 4.99. The lowest BCUT2D eigenvalue weighted by atomic mass is 10.0. The van der Waals surface area contributed by atoms with E-state index in [9.17, 15) is 10.1 Å². The first kappa shape index (κ1) is 13.8. The number of aromatic carboxylic acids is 1. The van der Waals surface area contributed by atoms with Gasteiger partial charge in [-0.3, -0.25) is 4.98 Å². The molecule has 1 N–H and O–H groups in total. The van der Waals surface area contributed by atoms with E-state index in [1.807, 2.05) is 24.3 Å². The van der Waals surface area contributed by atoms with Crippen molar-refractivity contribution in [3.8, 4) is 11.8 Å². The number of pyridine rings is 1. The summed E-state index contributed by atoms with van der Waals surface area (Å²) in [6, 6.07) is 11.1. The number of hydrogen-bond acceptors (Lipinski definition) is 4. The molecule has 1 aliphatic heterocycles. The van der Waals surface area contributed by atoms with Gasteiger partial charge in [0.25, 0.3) is 0 Å². The number of aromatic nitrogens is 1. The normalized spacial score (nSPS) is 14.7. The minimum absolute atomic E-state index is 0.118. The third-order valence-electron chi connectivity index (χ3n) is 3.50. The molecule has 0 fully saturated rings. The maximum Gasteiger partial charge on any atom is 0.337 e. The number of nitrogens with zero attached hydrogens (tertiary/aromatic N) is 2. The third kappa shape index (κ3) is 2.31. The standard InChI is InChI=1S/C17H12N2O3/c1-10(8-18)16-15-12(7-13(9-19-15)17(20)21)6-11-4-2-3-5-14(11)22-16/h2-5,7,9H,6H2,1H3,(H,20,21). The fraction of sp³-hybridized carbons (Fsp3) is 0.118. The van der Waals surface area contributed by atoms with Crippen molar-refractivity contribution >= 4 is 11.7 Å². The van der Waals surface area contributed by atoms with Gasteiger partial charge in [0.1, 0.15) is 11.4 Å². The summed E-state index contributed by atoms with van der Waals surface area (Å²) in [6.07, 6.45) is 1.78. The van der Waals surface area contributed by atoms with E-state index in [4.69, 9.17) is 9.84 Å². The number of benzene rings is 1. The van der Waals surface area contributed by atoms with Crippen molar-refractivity contribution in [2.45, 2.75) is 13.3 Å². The van der Waals surface area contributed by atoms with Gasteiger partial charge in [0.2, 0.25) is 0 Å². The van der Waals surface area contributed by atoms with Crippen LogP contribution in [0.3, 0.4) is 0 Å². The highest BCUT2D eigenvalue weighted by Gasteiger charge is 2.23. The number of carboxylic acid groups (broad SMARTS) is 1. The first-order chi connectivity index (χ1) is 10.6. The second kappa shape index (κ2) is 5.34. The summed E-state index contributed by atoms with van der Waals surface area (Å²) in [4.78, 5) is 15.4. The largest absolute Gasteiger partial charge is 0.478 e. The van der Waals surface area contributed by atoms with Crippen molar-refractivity contribution in [3.05, 3.63) is 64.5 Å². The summed E-state index contributed by atoms with van der Waals surface area (Å²) in [5, 5.41) is 18.3. The molecule has 108 valence electrons. The van der Waals surface area contributed by atoms with E-state index in [1.54, 1.807) is 13.0 Å². The van der Waals surface area contributed by atoms with Gasteiger partial charge in [0, 0.05) is 12.6 Å². The van der Waals surface area contributed by atoms with Gasteiger partial charge >= 0.3 is 5.97 Å². The number of rotatable bonds is 1. The van der Waals surface area contributed by atoms with Crippen LogP contribution in [0.2, 0.25) is 0 Å². The van der Waals surface area contributed by atoms with Crippen LogP contribution >= 0.6 is 0 Å². The van der Waals surface area contributed by atoms with Gasteiger partial charge in [-0.05, 0) is 30.2 Å². The summed E-state index contributed by atoms with van der Waals surface area (Å²) in [5.41, 5.74) is 2.68. The van der Waals surface area contributed by atoms with Gasteiger partial charge < -0.3 is 9.84 Å². The Labute approximate surface area is 127 Å². The Kier molecular flexibility index (Phi) is 3.36. The summed E-state index contributed by atoms with van der Waals surface area (Å²) in [5.74, 6) is -0.00218. The highest BCUT2D eigenvalue weighted by molar-refractivity contribution is 5.88. The number of ether oxygens (including phenoxy) is 1. The van der Waals surface area contributed by atoms with Crippen LogP contribution < -0.4 is 4.74 Å². The molecular formula is C17H12N2O3. The Morgan fingerprint density at radius 2 is 2.14 bits per heavy atom. The zero-order chi connectivity index (χ0) is 15.7. The average molecular weight is 292 g/mol. The monoisotopic (exact) mass is 292 g/mol. The number of allylic oxidation sites excluding steroid dienone is 1. The molecule has 0 unspecified atom stereocenters. The van der Waals surface area contributed by atoms with Crippen molar-refractivity contribution in [1.82, 2.24) is 4.98 Å². The van der Waals surface area contributed by atoms with Crippen LogP contribution in [0.4, 0.5) is 0 Å². The van der Waals surface area contributed by atoms with Crippen LogP contribution in [0, 0.1) is 11.3 Å². The van der Waals surface area contributed by atoms with E-state index in [0.717, 1.165) is 11.1 Å². The summed E-state index contributed by atoms with van der Waals surface area (Å²) in [7, 11) is 0. The number of carboxylic acids is 1. The smallest absolute Gasteiger partial charge is 0.337 e. The third-order valence-corrected chi connectivity index (χ3v) is 3.50. The molecule has 0 saturated heterocycles. The van der Waals surface area contributed by atoms with Crippen molar-refractivity contribution in [2.24, 2.45) is 0 Å². The number of carbonyl (C=O) groups is 1. The molecular weight excluding hydrogens is 280 g/mol. The van der Waals surface area contributed by atoms with Crippen LogP contribution in [0.15, 0.2) is 42.1 Å². The highest BCUT2D eigenvalue weighted by Crippen LogP contribution is 2.34. The van der Waals surface area contributed by atoms with Crippen LogP contribution in [0.25, 0.3) is 5.76 Å². The van der Waals surface area contributed by atoms with Crippen LogP contribution in [-0.4, -0.2) is 16.1 Å². The molecule has 0 atom stereocenters. The van der Waals surface area contributed by atoms with Gasteiger partial charge in [-0.2, -0.15) is 5.26 Å². The Balaban J connectivity index is 2.26. The molecule has 0 spiro atoms. The minimum atomic E-state index is -1.03. The van der Waals surface area contributed by atoms with Crippen LogP contribution in [0.5, 0.6) is 5.75 Å². The lowest BCUT2D eigenvalue weighted by molar-refractivity contribution is 0.0696. The van der Waals surface area contributed by atoms with Crippen molar-refractivity contribution in [1.29, 1.82) is 5.26 Å². The maximum absolute atomic E-state index is 11.2. The Hall–Kier alpha value is -3.13. The van der Waals surface area contributed by atoms with Crippen molar-refractivity contribution in [3.63, 3.8) is 0 Å². The molecule has 1 aromatic carbocycles. The van der Waals surface area contributed by atoms with E-state index in [-0.39, 0.29) is 5.56 Å². The van der Waals surface area contributed by atoms with E-state index in [0.29, 0.717) is 29.2 Å². The first-order valence-electron chi connectivity index (χ1n) is 6.69. The Morgan fingerprint density at radius 1 is 1.36 bits per heavy atom. The molecule has 5 nitrogen and oxygen atoms in total. The zero-order valence-electron chi connectivity index (χ0n) is 11.8. The zero-order valence-corrected chi connectivity index (χ0v) is 11.8. The van der Waals surface area contributed by atoms with Crippen molar-refractivity contribution < 1.29 is 14.6 Å². The predicted molar refractivity (Wildman–Crippen MR) is 79.3 cm³/mol. The van der Waals surface area contributed by atoms with E-state index in [2.05, 4.69) is 11.1 Å². The van der Waals surface area contributed by atoms with E-state index >= 15 is 0 Å². The fourth-order valence-corrected chi connectivity index (χ4v) is 2.38. The van der Waals surface area contributed by atoms with Crippen LogP contribution in [0.1, 0.15) is 34.1 Å². The highest BCUT2D eigenvalue weighted by atomic mass is 16.5. The minimum Gasteiger partial charge on any atom is -0.478 e. The lowest BCUT2D eigenvalue weighted by Crippen LogP contribution is -2.05. The molecule has 0 bridgehead atoms. The van der Waals surface area contributed by atoms with Gasteiger partial charge in [0.15, 0.2) is 5.76 Å². The maximum atomic E-state index is 11.2. The molecule has 22 heavy (non-hydrogen) atoms. The van der Waals surface area contributed by atoms with E-state index < -0.39 is 5.97 Å². The number of hydrogen-bond donors (Lipinski definition) is 1. The molecule has 2 aromatic rings. The predicted octanol–water partition coefficient (Wildman–Crippen LogP) is 3.02. The van der Waals surface area contributed by atoms with Gasteiger partial charge in [0.05, 0.1) is 17.2 Å². The number of para-hydroxylation sites is 1. The summed E-state index contributed by atoms with van der Waals surface area (Å²) >= 11 is 0. The van der Waals surface area contributed by atoms with Gasteiger partial charge in [-0.15, -0.1) is 0 Å². The number of nitriles is 1. The van der Waals surface area contributed by atoms with Crippen molar-refractivity contribution in [2.75, 3.05) is 0 Å². The lowest BCUT2D eigenvalue weighted by Gasteiger charge is -2.10. The van der Waals surface area contributed by atoms with Gasteiger partial charge in [-0.1, -0.05) is 18.2 Å². The fourth-order valence-electron chi connectivity index (χ4n) is 2.38. The summed E-state index contributed by atoms with van der Waals surface area (Å²) < 4.78 is 5.88. The molecule has 2 heterocycles. The molecule has 0 saturated carbocycles. The Bertz CT molecular complexity index is 847.